The minimum Gasteiger partial charge on any atom is -0.466 e. The van der Waals surface area contributed by atoms with Crippen molar-refractivity contribution >= 4 is 23.6 Å². The van der Waals surface area contributed by atoms with Crippen LogP contribution in [0.25, 0.3) is 6.08 Å². The van der Waals surface area contributed by atoms with E-state index in [1.807, 2.05) is 36.4 Å². The second-order valence-corrected chi connectivity index (χ2v) is 4.25. The number of rotatable bonds is 8. The van der Waals surface area contributed by atoms with Crippen LogP contribution < -0.4 is 0 Å². The van der Waals surface area contributed by atoms with E-state index in [-0.39, 0.29) is 31.7 Å². The summed E-state index contributed by atoms with van der Waals surface area (Å²) in [7, 11) is 0. The molecule has 1 rings (SSSR count). The van der Waals surface area contributed by atoms with Crippen LogP contribution in [-0.2, 0) is 19.1 Å². The van der Waals surface area contributed by atoms with Crippen LogP contribution in [0.3, 0.4) is 0 Å². The number of ether oxygens (including phenoxy) is 1. The van der Waals surface area contributed by atoms with Crippen LogP contribution in [0.5, 0.6) is 0 Å². The number of esters is 1. The van der Waals surface area contributed by atoms with Crippen molar-refractivity contribution in [2.24, 2.45) is 0 Å². The Bertz CT molecular complexity index is 488. The Morgan fingerprint density at radius 2 is 1.75 bits per heavy atom. The molecular formula is C16H18O4. The lowest BCUT2D eigenvalue weighted by molar-refractivity contribution is -0.145. The summed E-state index contributed by atoms with van der Waals surface area (Å²) in [5, 5.41) is 0. The molecule has 0 atom stereocenters. The molecule has 0 spiro atoms. The highest BCUT2D eigenvalue weighted by atomic mass is 16.5. The van der Waals surface area contributed by atoms with Crippen molar-refractivity contribution < 1.29 is 19.1 Å². The van der Waals surface area contributed by atoms with Crippen molar-refractivity contribution in [3.8, 4) is 0 Å². The number of allylic oxidation sites excluding steroid dienone is 1. The largest absolute Gasteiger partial charge is 0.466 e. The zero-order chi connectivity index (χ0) is 14.8. The summed E-state index contributed by atoms with van der Waals surface area (Å²) < 4.78 is 4.65. The average Bonchev–Trinajstić information content (AvgIpc) is 2.39. The van der Waals surface area contributed by atoms with Crippen LogP contribution in [0.1, 0.15) is 31.7 Å². The Morgan fingerprint density at radius 1 is 1.05 bits per heavy atom. The topological polar surface area (TPSA) is 60.4 Å². The number of hydrogen-bond donors (Lipinski definition) is 0. The number of hydrogen-bond acceptors (Lipinski definition) is 4. The van der Waals surface area contributed by atoms with Crippen LogP contribution >= 0.6 is 0 Å². The first-order valence-corrected chi connectivity index (χ1v) is 6.52. The minimum atomic E-state index is -0.579. The van der Waals surface area contributed by atoms with E-state index in [0.29, 0.717) is 0 Å². The first kappa shape index (κ1) is 15.8. The molecule has 0 saturated carbocycles. The number of Topliss-reactive ketones (excluding diaryl/α,β-unsaturated/α-hetero) is 2. The third-order valence-electron chi connectivity index (χ3n) is 2.50. The quantitative estimate of drug-likeness (QED) is 0.540. The standard InChI is InChI=1S/C16H18O4/c1-2-20-16(19)12-15(18)11-14(17)10-6-9-13-7-4-3-5-8-13/h3-9H,2,10-12H2,1H3/b9-6+. The van der Waals surface area contributed by atoms with Gasteiger partial charge in [-0.05, 0) is 12.5 Å². The van der Waals surface area contributed by atoms with Gasteiger partial charge in [0.25, 0.3) is 0 Å². The predicted octanol–water partition coefficient (Wildman–Crippen LogP) is 2.57. The fourth-order valence-electron chi connectivity index (χ4n) is 1.62. The zero-order valence-electron chi connectivity index (χ0n) is 11.5. The molecular weight excluding hydrogens is 256 g/mol. The van der Waals surface area contributed by atoms with Crippen LogP contribution in [0.4, 0.5) is 0 Å². The smallest absolute Gasteiger partial charge is 0.313 e. The van der Waals surface area contributed by atoms with Gasteiger partial charge < -0.3 is 4.74 Å². The van der Waals surface area contributed by atoms with Crippen molar-refractivity contribution in [1.82, 2.24) is 0 Å². The van der Waals surface area contributed by atoms with Gasteiger partial charge in [0.15, 0.2) is 5.78 Å². The summed E-state index contributed by atoms with van der Waals surface area (Å²) in [5.74, 6) is -1.18. The molecule has 106 valence electrons. The van der Waals surface area contributed by atoms with Crippen molar-refractivity contribution in [1.29, 1.82) is 0 Å². The third-order valence-corrected chi connectivity index (χ3v) is 2.50. The Labute approximate surface area is 118 Å². The Kier molecular flexibility index (Phi) is 6.96. The molecule has 0 aromatic heterocycles. The van der Waals surface area contributed by atoms with Gasteiger partial charge in [0.2, 0.25) is 0 Å². The number of carbonyl (C=O) groups excluding carboxylic acids is 3. The van der Waals surface area contributed by atoms with Crippen molar-refractivity contribution in [3.05, 3.63) is 42.0 Å². The maximum absolute atomic E-state index is 11.6. The Balaban J connectivity index is 2.31. The van der Waals surface area contributed by atoms with E-state index in [1.54, 1.807) is 13.0 Å². The lowest BCUT2D eigenvalue weighted by Crippen LogP contribution is -2.14. The van der Waals surface area contributed by atoms with E-state index >= 15 is 0 Å². The lowest BCUT2D eigenvalue weighted by atomic mass is 10.1. The molecule has 0 saturated heterocycles. The summed E-state index contributed by atoms with van der Waals surface area (Å²) in [6.45, 7) is 1.90. The fraction of sp³-hybridized carbons (Fsp3) is 0.312. The lowest BCUT2D eigenvalue weighted by Gasteiger charge is -2.00. The average molecular weight is 274 g/mol. The molecule has 4 heteroatoms. The number of carbonyl (C=O) groups is 3. The van der Waals surface area contributed by atoms with Gasteiger partial charge in [-0.15, -0.1) is 0 Å². The van der Waals surface area contributed by atoms with Gasteiger partial charge in [0.05, 0.1) is 13.0 Å². The van der Waals surface area contributed by atoms with E-state index in [4.69, 9.17) is 0 Å². The van der Waals surface area contributed by atoms with Gasteiger partial charge in [-0.2, -0.15) is 0 Å². The second-order valence-electron chi connectivity index (χ2n) is 4.25. The van der Waals surface area contributed by atoms with Gasteiger partial charge in [0, 0.05) is 6.42 Å². The summed E-state index contributed by atoms with van der Waals surface area (Å²) in [6, 6.07) is 9.57. The highest BCUT2D eigenvalue weighted by Gasteiger charge is 2.13. The molecule has 0 aliphatic rings. The number of benzene rings is 1. The molecule has 0 heterocycles. The first-order chi connectivity index (χ1) is 9.61. The fourth-order valence-corrected chi connectivity index (χ4v) is 1.62. The molecule has 0 fully saturated rings. The Morgan fingerprint density at radius 3 is 2.40 bits per heavy atom. The minimum absolute atomic E-state index is 0.184. The van der Waals surface area contributed by atoms with Crippen LogP contribution in [-0.4, -0.2) is 24.1 Å². The van der Waals surface area contributed by atoms with Crippen LogP contribution in [0.15, 0.2) is 36.4 Å². The van der Waals surface area contributed by atoms with Crippen molar-refractivity contribution in [2.45, 2.75) is 26.2 Å². The molecule has 1 aromatic carbocycles. The van der Waals surface area contributed by atoms with Crippen LogP contribution in [0, 0.1) is 0 Å². The van der Waals surface area contributed by atoms with Gasteiger partial charge in [-0.1, -0.05) is 42.5 Å². The molecule has 0 radical (unpaired) electrons. The maximum Gasteiger partial charge on any atom is 0.313 e. The monoisotopic (exact) mass is 274 g/mol. The highest BCUT2D eigenvalue weighted by molar-refractivity contribution is 6.05. The molecule has 0 amide bonds. The molecule has 4 nitrogen and oxygen atoms in total. The van der Waals surface area contributed by atoms with Crippen molar-refractivity contribution in [3.63, 3.8) is 0 Å². The third kappa shape index (κ3) is 6.64. The molecule has 0 aliphatic heterocycles. The van der Waals surface area contributed by atoms with E-state index in [2.05, 4.69) is 4.74 Å². The molecule has 0 N–H and O–H groups in total. The molecule has 0 bridgehead atoms. The zero-order valence-corrected chi connectivity index (χ0v) is 11.5. The first-order valence-electron chi connectivity index (χ1n) is 6.52. The summed E-state index contributed by atoms with van der Waals surface area (Å²) in [5.41, 5.74) is 0.998. The van der Waals surface area contributed by atoms with E-state index in [0.717, 1.165) is 5.56 Å². The molecule has 20 heavy (non-hydrogen) atoms. The van der Waals surface area contributed by atoms with Gasteiger partial charge in [-0.3, -0.25) is 14.4 Å². The highest BCUT2D eigenvalue weighted by Crippen LogP contribution is 2.04. The summed E-state index contributed by atoms with van der Waals surface area (Å²) in [4.78, 5) is 34.1. The second kappa shape index (κ2) is 8.80. The van der Waals surface area contributed by atoms with Gasteiger partial charge in [0.1, 0.15) is 12.2 Å². The normalized spacial score (nSPS) is 10.4. The molecule has 0 unspecified atom stereocenters. The SMILES string of the molecule is CCOC(=O)CC(=O)CC(=O)C/C=C/c1ccccc1. The summed E-state index contributed by atoms with van der Waals surface area (Å²) >= 11 is 0. The van der Waals surface area contributed by atoms with E-state index < -0.39 is 11.8 Å². The van der Waals surface area contributed by atoms with Gasteiger partial charge >= 0.3 is 5.97 Å². The summed E-state index contributed by atoms with van der Waals surface area (Å²) in [6.07, 6.45) is 3.17. The molecule has 0 aliphatic carbocycles. The van der Waals surface area contributed by atoms with E-state index in [1.165, 1.54) is 0 Å². The number of ketones is 2. The van der Waals surface area contributed by atoms with Crippen LogP contribution in [0.2, 0.25) is 0 Å². The maximum atomic E-state index is 11.6. The Hall–Kier alpha value is -2.23. The van der Waals surface area contributed by atoms with Crippen molar-refractivity contribution in [2.75, 3.05) is 6.61 Å². The predicted molar refractivity (Wildman–Crippen MR) is 76.0 cm³/mol. The van der Waals surface area contributed by atoms with Gasteiger partial charge in [-0.25, -0.2) is 0 Å². The molecule has 1 aromatic rings. The van der Waals surface area contributed by atoms with E-state index in [9.17, 15) is 14.4 Å².